The van der Waals surface area contributed by atoms with Crippen LogP contribution in [0.3, 0.4) is 0 Å². The van der Waals surface area contributed by atoms with Crippen molar-refractivity contribution in [1.82, 2.24) is 4.90 Å². The molecule has 6 nitrogen and oxygen atoms in total. The van der Waals surface area contributed by atoms with Crippen molar-refractivity contribution in [3.8, 4) is 0 Å². The van der Waals surface area contributed by atoms with Gasteiger partial charge in [-0.3, -0.25) is 9.59 Å². The Balaban J connectivity index is 1.90. The summed E-state index contributed by atoms with van der Waals surface area (Å²) in [6.45, 7) is 0.782. The van der Waals surface area contributed by atoms with Gasteiger partial charge in [0.05, 0.1) is 25.6 Å². The lowest BCUT2D eigenvalue weighted by molar-refractivity contribution is -0.133. The number of hydrogen-bond donors (Lipinski definition) is 1. The number of rotatable bonds is 9. The molecule has 2 aromatic heterocycles. The molecule has 118 valence electrons. The molecule has 0 atom stereocenters. The van der Waals surface area contributed by atoms with Crippen LogP contribution in [0.5, 0.6) is 0 Å². The van der Waals surface area contributed by atoms with Crippen LogP contribution in [0.1, 0.15) is 37.2 Å². The molecule has 0 unspecified atom stereocenters. The lowest BCUT2D eigenvalue weighted by atomic mass is 10.1. The molecule has 0 aliphatic rings. The molecule has 6 heteroatoms. The lowest BCUT2D eigenvalue weighted by Crippen LogP contribution is -2.29. The van der Waals surface area contributed by atoms with Gasteiger partial charge < -0.3 is 19.5 Å². The van der Waals surface area contributed by atoms with E-state index in [0.29, 0.717) is 38.8 Å². The summed E-state index contributed by atoms with van der Waals surface area (Å²) in [5.41, 5.74) is 5.09. The van der Waals surface area contributed by atoms with Gasteiger partial charge in [-0.1, -0.05) is 0 Å². The van der Waals surface area contributed by atoms with E-state index in [1.807, 2.05) is 12.1 Å². The molecule has 2 rings (SSSR count). The minimum Gasteiger partial charge on any atom is -0.467 e. The second kappa shape index (κ2) is 8.07. The van der Waals surface area contributed by atoms with Gasteiger partial charge in [0, 0.05) is 12.8 Å². The highest BCUT2D eigenvalue weighted by atomic mass is 16.3. The predicted molar refractivity (Wildman–Crippen MR) is 79.3 cm³/mol. The smallest absolute Gasteiger partial charge is 0.223 e. The van der Waals surface area contributed by atoms with E-state index in [1.165, 1.54) is 0 Å². The molecule has 0 aliphatic carbocycles. The third-order valence-electron chi connectivity index (χ3n) is 3.27. The van der Waals surface area contributed by atoms with Gasteiger partial charge in [0.15, 0.2) is 0 Å². The molecule has 0 radical (unpaired) electrons. The monoisotopic (exact) mass is 304 g/mol. The molecule has 0 bridgehead atoms. The largest absolute Gasteiger partial charge is 0.467 e. The number of amides is 2. The van der Waals surface area contributed by atoms with E-state index >= 15 is 0 Å². The molecule has 2 heterocycles. The first-order valence-electron chi connectivity index (χ1n) is 7.26. The Morgan fingerprint density at radius 1 is 0.955 bits per heavy atom. The summed E-state index contributed by atoms with van der Waals surface area (Å²) in [7, 11) is 0. The highest BCUT2D eigenvalue weighted by Gasteiger charge is 2.16. The van der Waals surface area contributed by atoms with Crippen LogP contribution in [0.15, 0.2) is 45.6 Å². The summed E-state index contributed by atoms with van der Waals surface area (Å²) in [5, 5.41) is 0. The third-order valence-corrected chi connectivity index (χ3v) is 3.27. The maximum absolute atomic E-state index is 12.4. The highest BCUT2D eigenvalue weighted by molar-refractivity contribution is 5.76. The zero-order valence-electron chi connectivity index (χ0n) is 12.4. The van der Waals surface area contributed by atoms with Crippen LogP contribution in [-0.2, 0) is 22.7 Å². The van der Waals surface area contributed by atoms with E-state index < -0.39 is 0 Å². The van der Waals surface area contributed by atoms with Gasteiger partial charge in [0.2, 0.25) is 11.8 Å². The summed E-state index contributed by atoms with van der Waals surface area (Å²) >= 11 is 0. The van der Waals surface area contributed by atoms with Crippen LogP contribution in [0.4, 0.5) is 0 Å². The second-order valence-electron chi connectivity index (χ2n) is 5.08. The van der Waals surface area contributed by atoms with Gasteiger partial charge >= 0.3 is 0 Å². The molecule has 22 heavy (non-hydrogen) atoms. The van der Waals surface area contributed by atoms with E-state index in [0.717, 1.165) is 11.5 Å². The summed E-state index contributed by atoms with van der Waals surface area (Å²) in [6, 6.07) is 7.24. The Morgan fingerprint density at radius 3 is 1.95 bits per heavy atom. The fourth-order valence-electron chi connectivity index (χ4n) is 2.15. The van der Waals surface area contributed by atoms with Crippen LogP contribution in [0.2, 0.25) is 0 Å². The Morgan fingerprint density at radius 2 is 1.50 bits per heavy atom. The van der Waals surface area contributed by atoms with Gasteiger partial charge in [-0.25, -0.2) is 0 Å². The van der Waals surface area contributed by atoms with Crippen LogP contribution in [0, 0.1) is 0 Å². The van der Waals surface area contributed by atoms with E-state index in [9.17, 15) is 9.59 Å². The molecule has 0 fully saturated rings. The van der Waals surface area contributed by atoms with Crippen LogP contribution < -0.4 is 5.73 Å². The van der Waals surface area contributed by atoms with Gasteiger partial charge in [0.1, 0.15) is 11.5 Å². The topological polar surface area (TPSA) is 89.7 Å². The van der Waals surface area contributed by atoms with Crippen molar-refractivity contribution in [2.24, 2.45) is 5.73 Å². The summed E-state index contributed by atoms with van der Waals surface area (Å²) in [5.74, 6) is 1.10. The van der Waals surface area contributed by atoms with Crippen molar-refractivity contribution in [2.45, 2.75) is 38.8 Å². The number of carbonyl (C=O) groups excluding carboxylic acids is 2. The van der Waals surface area contributed by atoms with Crippen molar-refractivity contribution in [3.05, 3.63) is 48.3 Å². The number of nitrogens with two attached hydrogens (primary N) is 1. The van der Waals surface area contributed by atoms with Gasteiger partial charge in [-0.15, -0.1) is 0 Å². The normalized spacial score (nSPS) is 10.5. The van der Waals surface area contributed by atoms with Gasteiger partial charge in [-0.2, -0.15) is 0 Å². The maximum atomic E-state index is 12.4. The standard InChI is InChI=1S/C16H20N2O4/c17-15(19)7-1-2-8-16(20)18(11-13-5-3-9-21-13)12-14-6-4-10-22-14/h3-6,9-10H,1-2,7-8,11-12H2,(H2,17,19). The molecular formula is C16H20N2O4. The van der Waals surface area contributed by atoms with Crippen molar-refractivity contribution >= 4 is 11.8 Å². The number of unbranched alkanes of at least 4 members (excludes halogenated alkanes) is 1. The average Bonchev–Trinajstić information content (AvgIpc) is 3.16. The molecule has 0 saturated heterocycles. The van der Waals surface area contributed by atoms with Crippen LogP contribution >= 0.6 is 0 Å². The lowest BCUT2D eigenvalue weighted by Gasteiger charge is -2.20. The van der Waals surface area contributed by atoms with E-state index in [4.69, 9.17) is 14.6 Å². The molecule has 0 spiro atoms. The number of nitrogens with zero attached hydrogens (tertiary/aromatic N) is 1. The Labute approximate surface area is 128 Å². The SMILES string of the molecule is NC(=O)CCCCC(=O)N(Cc1ccco1)Cc1ccco1. The number of hydrogen-bond acceptors (Lipinski definition) is 4. The van der Waals surface area contributed by atoms with Crippen molar-refractivity contribution < 1.29 is 18.4 Å². The van der Waals surface area contributed by atoms with E-state index in [-0.39, 0.29) is 11.8 Å². The van der Waals surface area contributed by atoms with Gasteiger partial charge in [-0.05, 0) is 37.1 Å². The first-order chi connectivity index (χ1) is 10.6. The van der Waals surface area contributed by atoms with Crippen LogP contribution in [-0.4, -0.2) is 16.7 Å². The van der Waals surface area contributed by atoms with Gasteiger partial charge in [0.25, 0.3) is 0 Å². The first-order valence-corrected chi connectivity index (χ1v) is 7.26. The fourth-order valence-corrected chi connectivity index (χ4v) is 2.15. The first kappa shape index (κ1) is 15.9. The molecule has 0 aromatic carbocycles. The number of carbonyl (C=O) groups is 2. The van der Waals surface area contributed by atoms with E-state index in [2.05, 4.69) is 0 Å². The predicted octanol–water partition coefficient (Wildman–Crippen LogP) is 2.45. The molecule has 2 amide bonds. The van der Waals surface area contributed by atoms with Crippen molar-refractivity contribution in [2.75, 3.05) is 0 Å². The second-order valence-corrected chi connectivity index (χ2v) is 5.08. The quantitative estimate of drug-likeness (QED) is 0.720. The summed E-state index contributed by atoms with van der Waals surface area (Å²) < 4.78 is 10.6. The Bertz CT molecular complexity index is 539. The fraction of sp³-hybridized carbons (Fsp3) is 0.375. The zero-order chi connectivity index (χ0) is 15.8. The summed E-state index contributed by atoms with van der Waals surface area (Å²) in [4.78, 5) is 24.8. The molecule has 0 saturated carbocycles. The molecule has 0 aliphatic heterocycles. The summed E-state index contributed by atoms with van der Waals surface area (Å²) in [6.07, 6.45) is 5.10. The Kier molecular flexibility index (Phi) is 5.82. The van der Waals surface area contributed by atoms with E-state index in [1.54, 1.807) is 29.6 Å². The average molecular weight is 304 g/mol. The van der Waals surface area contributed by atoms with Crippen molar-refractivity contribution in [3.63, 3.8) is 0 Å². The third kappa shape index (κ3) is 5.12. The maximum Gasteiger partial charge on any atom is 0.223 e. The minimum atomic E-state index is -0.338. The highest BCUT2D eigenvalue weighted by Crippen LogP contribution is 2.14. The number of primary amides is 1. The van der Waals surface area contributed by atoms with Crippen LogP contribution in [0.25, 0.3) is 0 Å². The minimum absolute atomic E-state index is 0.00253. The van der Waals surface area contributed by atoms with Crippen molar-refractivity contribution in [1.29, 1.82) is 0 Å². The number of furan rings is 2. The molecule has 2 N–H and O–H groups in total. The zero-order valence-corrected chi connectivity index (χ0v) is 12.4. The molecule has 2 aromatic rings. The Hall–Kier alpha value is -2.50. The molecular weight excluding hydrogens is 284 g/mol.